The van der Waals surface area contributed by atoms with E-state index in [-0.39, 0.29) is 11.4 Å². The lowest BCUT2D eigenvalue weighted by Crippen LogP contribution is -2.12. The number of rotatable bonds is 4. The van der Waals surface area contributed by atoms with Gasteiger partial charge < -0.3 is 15.6 Å². The SMILES string of the molecule is C[C@@H](O)c1cccnc1Oc1ccccc1C(N)=O. The summed E-state index contributed by atoms with van der Waals surface area (Å²) < 4.78 is 5.59. The van der Waals surface area contributed by atoms with Gasteiger partial charge in [0.25, 0.3) is 5.91 Å². The van der Waals surface area contributed by atoms with E-state index < -0.39 is 12.0 Å². The molecule has 0 unspecified atom stereocenters. The number of aliphatic hydroxyl groups is 1. The number of benzene rings is 1. The van der Waals surface area contributed by atoms with Gasteiger partial charge in [0.15, 0.2) is 0 Å². The van der Waals surface area contributed by atoms with Crippen LogP contribution in [0.4, 0.5) is 0 Å². The molecule has 1 aromatic carbocycles. The lowest BCUT2D eigenvalue weighted by molar-refractivity contribution is 0.0998. The normalized spacial score (nSPS) is 11.9. The molecule has 0 bridgehead atoms. The molecular formula is C14H14N2O3. The molecule has 1 amide bonds. The third kappa shape index (κ3) is 2.89. The summed E-state index contributed by atoms with van der Waals surface area (Å²) in [5.41, 5.74) is 6.09. The molecule has 19 heavy (non-hydrogen) atoms. The molecular weight excluding hydrogens is 244 g/mol. The van der Waals surface area contributed by atoms with Crippen molar-refractivity contribution in [3.05, 3.63) is 53.7 Å². The number of aromatic nitrogens is 1. The first-order valence-electron chi connectivity index (χ1n) is 5.79. The van der Waals surface area contributed by atoms with E-state index in [0.717, 1.165) is 0 Å². The van der Waals surface area contributed by atoms with Crippen LogP contribution in [0.3, 0.4) is 0 Å². The lowest BCUT2D eigenvalue weighted by Gasteiger charge is -2.13. The summed E-state index contributed by atoms with van der Waals surface area (Å²) >= 11 is 0. The standard InChI is InChI=1S/C14H14N2O3/c1-9(17)10-6-4-8-16-14(10)19-12-7-3-2-5-11(12)13(15)18/h2-9,17H,1H3,(H2,15,18)/t9-/m1/s1. The summed E-state index contributed by atoms with van der Waals surface area (Å²) in [7, 11) is 0. The van der Waals surface area contributed by atoms with Crippen molar-refractivity contribution in [1.29, 1.82) is 0 Å². The van der Waals surface area contributed by atoms with Gasteiger partial charge in [0.05, 0.1) is 11.7 Å². The van der Waals surface area contributed by atoms with Gasteiger partial charge in [-0.3, -0.25) is 4.79 Å². The second kappa shape index (κ2) is 5.49. The van der Waals surface area contributed by atoms with Gasteiger partial charge in [-0.05, 0) is 31.2 Å². The van der Waals surface area contributed by atoms with E-state index in [1.54, 1.807) is 49.5 Å². The number of aliphatic hydroxyl groups excluding tert-OH is 1. The Kier molecular flexibility index (Phi) is 3.77. The van der Waals surface area contributed by atoms with Crippen LogP contribution in [0.2, 0.25) is 0 Å². The van der Waals surface area contributed by atoms with Gasteiger partial charge in [-0.1, -0.05) is 12.1 Å². The topological polar surface area (TPSA) is 85.4 Å². The first-order valence-corrected chi connectivity index (χ1v) is 5.79. The molecule has 1 aromatic heterocycles. The summed E-state index contributed by atoms with van der Waals surface area (Å²) in [6.07, 6.45) is 0.832. The summed E-state index contributed by atoms with van der Waals surface area (Å²) in [5.74, 6) is -0.00747. The van der Waals surface area contributed by atoms with Crippen molar-refractivity contribution in [2.45, 2.75) is 13.0 Å². The van der Waals surface area contributed by atoms with Crippen LogP contribution >= 0.6 is 0 Å². The highest BCUT2D eigenvalue weighted by Gasteiger charge is 2.14. The molecule has 0 aliphatic carbocycles. The van der Waals surface area contributed by atoms with Crippen LogP contribution in [-0.4, -0.2) is 16.0 Å². The van der Waals surface area contributed by atoms with Crippen LogP contribution in [0.5, 0.6) is 11.6 Å². The Bertz CT molecular complexity index is 597. The highest BCUT2D eigenvalue weighted by molar-refractivity contribution is 5.95. The van der Waals surface area contributed by atoms with Crippen LogP contribution in [0.15, 0.2) is 42.6 Å². The Hall–Kier alpha value is -2.40. The second-order valence-electron chi connectivity index (χ2n) is 4.04. The van der Waals surface area contributed by atoms with Gasteiger partial charge in [-0.25, -0.2) is 4.98 Å². The molecule has 0 spiro atoms. The molecule has 0 saturated carbocycles. The number of nitrogens with zero attached hydrogens (tertiary/aromatic N) is 1. The minimum absolute atomic E-state index is 0.256. The Morgan fingerprint density at radius 2 is 2.05 bits per heavy atom. The monoisotopic (exact) mass is 258 g/mol. The Morgan fingerprint density at radius 3 is 2.74 bits per heavy atom. The highest BCUT2D eigenvalue weighted by atomic mass is 16.5. The highest BCUT2D eigenvalue weighted by Crippen LogP contribution is 2.29. The van der Waals surface area contributed by atoms with Crippen LogP contribution in [-0.2, 0) is 0 Å². The maximum atomic E-state index is 11.3. The molecule has 5 heteroatoms. The number of pyridine rings is 1. The first kappa shape index (κ1) is 13.0. The van der Waals surface area contributed by atoms with Gasteiger partial charge in [0, 0.05) is 11.8 Å². The first-order chi connectivity index (χ1) is 9.09. The molecule has 98 valence electrons. The number of carbonyl (C=O) groups is 1. The summed E-state index contributed by atoms with van der Waals surface area (Å²) in [6, 6.07) is 10.0. The summed E-state index contributed by atoms with van der Waals surface area (Å²) in [4.78, 5) is 15.4. The summed E-state index contributed by atoms with van der Waals surface area (Å²) in [5, 5.41) is 9.65. The Balaban J connectivity index is 2.39. The smallest absolute Gasteiger partial charge is 0.252 e. The number of hydrogen-bond acceptors (Lipinski definition) is 4. The van der Waals surface area contributed by atoms with Crippen molar-refractivity contribution in [1.82, 2.24) is 4.98 Å². The van der Waals surface area contributed by atoms with E-state index in [9.17, 15) is 9.90 Å². The van der Waals surface area contributed by atoms with Crippen molar-refractivity contribution in [2.75, 3.05) is 0 Å². The molecule has 3 N–H and O–H groups in total. The van der Waals surface area contributed by atoms with E-state index in [0.29, 0.717) is 11.3 Å². The van der Waals surface area contributed by atoms with Crippen molar-refractivity contribution in [2.24, 2.45) is 5.73 Å². The van der Waals surface area contributed by atoms with E-state index >= 15 is 0 Å². The third-order valence-electron chi connectivity index (χ3n) is 2.61. The zero-order valence-electron chi connectivity index (χ0n) is 10.4. The third-order valence-corrected chi connectivity index (χ3v) is 2.61. The van der Waals surface area contributed by atoms with Crippen LogP contribution in [0.25, 0.3) is 0 Å². The van der Waals surface area contributed by atoms with Gasteiger partial charge in [-0.2, -0.15) is 0 Å². The average Bonchev–Trinajstić information content (AvgIpc) is 2.39. The van der Waals surface area contributed by atoms with Crippen molar-refractivity contribution in [3.8, 4) is 11.6 Å². The van der Waals surface area contributed by atoms with Crippen molar-refractivity contribution < 1.29 is 14.6 Å². The van der Waals surface area contributed by atoms with Gasteiger partial charge in [-0.15, -0.1) is 0 Å². The molecule has 0 fully saturated rings. The minimum atomic E-state index is -0.718. The van der Waals surface area contributed by atoms with Crippen molar-refractivity contribution in [3.63, 3.8) is 0 Å². The number of carbonyl (C=O) groups excluding carboxylic acids is 1. The fourth-order valence-electron chi connectivity index (χ4n) is 1.67. The van der Waals surface area contributed by atoms with E-state index in [1.165, 1.54) is 0 Å². The molecule has 2 rings (SSSR count). The van der Waals surface area contributed by atoms with Gasteiger partial charge in [0.2, 0.25) is 5.88 Å². The molecule has 0 radical (unpaired) electrons. The zero-order valence-corrected chi connectivity index (χ0v) is 10.4. The maximum Gasteiger partial charge on any atom is 0.252 e. The largest absolute Gasteiger partial charge is 0.438 e. The average molecular weight is 258 g/mol. The fraction of sp³-hybridized carbons (Fsp3) is 0.143. The van der Waals surface area contributed by atoms with E-state index in [1.807, 2.05) is 0 Å². The molecule has 1 atom stereocenters. The molecule has 1 heterocycles. The number of primary amides is 1. The number of nitrogens with two attached hydrogens (primary N) is 1. The van der Waals surface area contributed by atoms with Crippen LogP contribution < -0.4 is 10.5 Å². The van der Waals surface area contributed by atoms with Crippen molar-refractivity contribution >= 4 is 5.91 Å². The number of amides is 1. The number of hydrogen-bond donors (Lipinski definition) is 2. The predicted molar refractivity (Wildman–Crippen MR) is 69.9 cm³/mol. The van der Waals surface area contributed by atoms with Gasteiger partial charge >= 0.3 is 0 Å². The predicted octanol–water partition coefficient (Wildman–Crippen LogP) is 2.03. The summed E-state index contributed by atoms with van der Waals surface area (Å²) in [6.45, 7) is 1.61. The van der Waals surface area contributed by atoms with E-state index in [4.69, 9.17) is 10.5 Å². The number of para-hydroxylation sites is 1. The second-order valence-corrected chi connectivity index (χ2v) is 4.04. The quantitative estimate of drug-likeness (QED) is 0.878. The van der Waals surface area contributed by atoms with Crippen LogP contribution in [0.1, 0.15) is 28.9 Å². The lowest BCUT2D eigenvalue weighted by atomic mass is 10.1. The molecule has 5 nitrogen and oxygen atoms in total. The molecule has 0 aliphatic rings. The van der Waals surface area contributed by atoms with E-state index in [2.05, 4.69) is 4.98 Å². The minimum Gasteiger partial charge on any atom is -0.438 e. The fourth-order valence-corrected chi connectivity index (χ4v) is 1.67. The van der Waals surface area contributed by atoms with Crippen LogP contribution in [0, 0.1) is 0 Å². The molecule has 0 aliphatic heterocycles. The molecule has 2 aromatic rings. The Morgan fingerprint density at radius 1 is 1.32 bits per heavy atom. The zero-order chi connectivity index (χ0) is 13.8. The Labute approximate surface area is 110 Å². The number of ether oxygens (including phenoxy) is 1. The maximum absolute atomic E-state index is 11.3. The van der Waals surface area contributed by atoms with Gasteiger partial charge in [0.1, 0.15) is 5.75 Å². The molecule has 0 saturated heterocycles.